The van der Waals surface area contributed by atoms with E-state index in [4.69, 9.17) is 10.5 Å². The Morgan fingerprint density at radius 1 is 1.41 bits per heavy atom. The van der Waals surface area contributed by atoms with Crippen LogP contribution >= 0.6 is 0 Å². The van der Waals surface area contributed by atoms with E-state index in [2.05, 4.69) is 5.32 Å². The smallest absolute Gasteiger partial charge is 0.219 e. The summed E-state index contributed by atoms with van der Waals surface area (Å²) in [7, 11) is 3.47. The van der Waals surface area contributed by atoms with Crippen LogP contribution in [-0.4, -0.2) is 20.1 Å². The quantitative estimate of drug-likeness (QED) is 0.784. The second-order valence-corrected chi connectivity index (χ2v) is 4.06. The molecule has 1 aromatic rings. The number of primary amides is 1. The third-order valence-electron chi connectivity index (χ3n) is 3.20. The molecule has 0 aliphatic carbocycles. The minimum atomic E-state index is -0.391. The van der Waals surface area contributed by atoms with Crippen molar-refractivity contribution in [2.45, 2.75) is 25.3 Å². The summed E-state index contributed by atoms with van der Waals surface area (Å²) in [5.74, 6) is 0.492. The molecule has 0 heterocycles. The lowest BCUT2D eigenvalue weighted by Gasteiger charge is -2.32. The predicted octanol–water partition coefficient (Wildman–Crippen LogP) is 1.40. The van der Waals surface area contributed by atoms with Gasteiger partial charge in [0, 0.05) is 6.42 Å². The van der Waals surface area contributed by atoms with Crippen molar-refractivity contribution in [1.29, 1.82) is 0 Å². The molecule has 1 unspecified atom stereocenters. The molecule has 3 N–H and O–H groups in total. The molecule has 0 aliphatic rings. The van der Waals surface area contributed by atoms with Gasteiger partial charge < -0.3 is 15.8 Å². The third kappa shape index (κ3) is 2.97. The lowest BCUT2D eigenvalue weighted by atomic mass is 9.84. The van der Waals surface area contributed by atoms with Crippen LogP contribution in [-0.2, 0) is 10.3 Å². The SMILES string of the molecule is CCC(CC(N)=O)(NC)c1ccc(OC)cc1. The fourth-order valence-electron chi connectivity index (χ4n) is 2.05. The normalized spacial score (nSPS) is 14.1. The molecular weight excluding hydrogens is 216 g/mol. The number of rotatable bonds is 6. The first-order valence-electron chi connectivity index (χ1n) is 5.69. The Labute approximate surface area is 102 Å². The Bertz CT molecular complexity index is 370. The number of ether oxygens (including phenoxy) is 1. The summed E-state index contributed by atoms with van der Waals surface area (Å²) in [6, 6.07) is 7.69. The molecule has 0 fully saturated rings. The van der Waals surface area contributed by atoms with Crippen LogP contribution in [0.4, 0.5) is 0 Å². The molecule has 0 saturated carbocycles. The fraction of sp³-hybridized carbons (Fsp3) is 0.462. The van der Waals surface area contributed by atoms with Crippen molar-refractivity contribution in [3.63, 3.8) is 0 Å². The van der Waals surface area contributed by atoms with E-state index in [1.54, 1.807) is 7.11 Å². The molecule has 0 aliphatic heterocycles. The van der Waals surface area contributed by atoms with Crippen LogP contribution in [0.1, 0.15) is 25.3 Å². The predicted molar refractivity (Wildman–Crippen MR) is 67.8 cm³/mol. The highest BCUT2D eigenvalue weighted by atomic mass is 16.5. The molecule has 0 radical (unpaired) electrons. The molecule has 4 nitrogen and oxygen atoms in total. The number of carbonyl (C=O) groups is 1. The van der Waals surface area contributed by atoms with E-state index in [1.807, 2.05) is 38.2 Å². The van der Waals surface area contributed by atoms with Crippen LogP contribution in [0.5, 0.6) is 5.75 Å². The Hall–Kier alpha value is -1.55. The Balaban J connectivity index is 3.07. The topological polar surface area (TPSA) is 64.4 Å². The lowest BCUT2D eigenvalue weighted by Crippen LogP contribution is -2.42. The van der Waals surface area contributed by atoms with Crippen LogP contribution in [0.2, 0.25) is 0 Å². The molecule has 1 aromatic carbocycles. The zero-order chi connectivity index (χ0) is 12.9. The van der Waals surface area contributed by atoms with E-state index in [1.165, 1.54) is 0 Å². The van der Waals surface area contributed by atoms with E-state index in [-0.39, 0.29) is 12.3 Å². The molecule has 0 aromatic heterocycles. The van der Waals surface area contributed by atoms with E-state index in [9.17, 15) is 4.79 Å². The van der Waals surface area contributed by atoms with Crippen LogP contribution in [0, 0.1) is 0 Å². The first-order chi connectivity index (χ1) is 8.07. The average Bonchev–Trinajstić information content (AvgIpc) is 2.36. The maximum absolute atomic E-state index is 11.2. The van der Waals surface area contributed by atoms with Gasteiger partial charge in [-0.15, -0.1) is 0 Å². The molecule has 4 heteroatoms. The molecule has 1 rings (SSSR count). The van der Waals surface area contributed by atoms with Gasteiger partial charge in [0.25, 0.3) is 0 Å². The monoisotopic (exact) mass is 236 g/mol. The van der Waals surface area contributed by atoms with Crippen molar-refractivity contribution in [3.05, 3.63) is 29.8 Å². The minimum absolute atomic E-state index is 0.284. The lowest BCUT2D eigenvalue weighted by molar-refractivity contribution is -0.119. The van der Waals surface area contributed by atoms with Crippen molar-refractivity contribution in [2.24, 2.45) is 5.73 Å². The maximum atomic E-state index is 11.2. The summed E-state index contributed by atoms with van der Waals surface area (Å²) in [6.45, 7) is 2.03. The van der Waals surface area contributed by atoms with Crippen LogP contribution in [0.25, 0.3) is 0 Å². The highest BCUT2D eigenvalue weighted by molar-refractivity contribution is 5.75. The zero-order valence-electron chi connectivity index (χ0n) is 10.6. The highest BCUT2D eigenvalue weighted by Crippen LogP contribution is 2.29. The standard InChI is InChI=1S/C13H20N2O2/c1-4-13(15-2,9-12(14)16)10-5-7-11(17-3)8-6-10/h5-8,15H,4,9H2,1-3H3,(H2,14,16). The Kier molecular flexibility index (Phi) is 4.52. The van der Waals surface area contributed by atoms with Gasteiger partial charge in [-0.05, 0) is 31.2 Å². The van der Waals surface area contributed by atoms with Gasteiger partial charge in [-0.1, -0.05) is 19.1 Å². The van der Waals surface area contributed by atoms with E-state index >= 15 is 0 Å². The summed E-state index contributed by atoms with van der Waals surface area (Å²) in [5, 5.41) is 3.21. The van der Waals surface area contributed by atoms with Crippen LogP contribution in [0.15, 0.2) is 24.3 Å². The van der Waals surface area contributed by atoms with Gasteiger partial charge in [-0.25, -0.2) is 0 Å². The van der Waals surface area contributed by atoms with Gasteiger partial charge in [0.2, 0.25) is 5.91 Å². The summed E-state index contributed by atoms with van der Waals surface area (Å²) in [6.07, 6.45) is 1.07. The van der Waals surface area contributed by atoms with Crippen LogP contribution < -0.4 is 15.8 Å². The van der Waals surface area contributed by atoms with Gasteiger partial charge >= 0.3 is 0 Å². The first-order valence-corrected chi connectivity index (χ1v) is 5.69. The van der Waals surface area contributed by atoms with Gasteiger partial charge in [0.1, 0.15) is 5.75 Å². The maximum Gasteiger partial charge on any atom is 0.219 e. The van der Waals surface area contributed by atoms with Crippen molar-refractivity contribution in [1.82, 2.24) is 5.32 Å². The number of carbonyl (C=O) groups excluding carboxylic acids is 1. The molecule has 17 heavy (non-hydrogen) atoms. The van der Waals surface area contributed by atoms with Crippen molar-refractivity contribution in [3.8, 4) is 5.75 Å². The zero-order valence-corrected chi connectivity index (χ0v) is 10.6. The Morgan fingerprint density at radius 2 is 2.00 bits per heavy atom. The summed E-state index contributed by atoms with van der Waals surface area (Å²) < 4.78 is 5.12. The van der Waals surface area contributed by atoms with E-state index in [0.29, 0.717) is 0 Å². The van der Waals surface area contributed by atoms with Crippen molar-refractivity contribution >= 4 is 5.91 Å². The third-order valence-corrected chi connectivity index (χ3v) is 3.20. The first kappa shape index (κ1) is 13.5. The second kappa shape index (κ2) is 5.68. The molecular formula is C13H20N2O2. The number of hydrogen-bond donors (Lipinski definition) is 2. The Morgan fingerprint density at radius 3 is 2.35 bits per heavy atom. The molecule has 0 saturated heterocycles. The molecule has 1 amide bonds. The summed E-state index contributed by atoms with van der Waals surface area (Å²) in [5.41, 5.74) is 5.97. The highest BCUT2D eigenvalue weighted by Gasteiger charge is 2.30. The molecule has 94 valence electrons. The number of benzene rings is 1. The van der Waals surface area contributed by atoms with Crippen molar-refractivity contribution in [2.75, 3.05) is 14.2 Å². The number of amides is 1. The summed E-state index contributed by atoms with van der Waals surface area (Å²) in [4.78, 5) is 11.2. The number of methoxy groups -OCH3 is 1. The van der Waals surface area contributed by atoms with Crippen molar-refractivity contribution < 1.29 is 9.53 Å². The molecule has 0 bridgehead atoms. The fourth-order valence-corrected chi connectivity index (χ4v) is 2.05. The van der Waals surface area contributed by atoms with Gasteiger partial charge in [0.05, 0.1) is 12.6 Å². The average molecular weight is 236 g/mol. The van der Waals surface area contributed by atoms with Gasteiger partial charge in [-0.3, -0.25) is 4.79 Å². The largest absolute Gasteiger partial charge is 0.497 e. The number of hydrogen-bond acceptors (Lipinski definition) is 3. The molecule has 1 atom stereocenters. The van der Waals surface area contributed by atoms with E-state index < -0.39 is 5.54 Å². The van der Waals surface area contributed by atoms with E-state index in [0.717, 1.165) is 17.7 Å². The number of nitrogens with two attached hydrogens (primary N) is 1. The van der Waals surface area contributed by atoms with Gasteiger partial charge in [-0.2, -0.15) is 0 Å². The molecule has 0 spiro atoms. The second-order valence-electron chi connectivity index (χ2n) is 4.06. The van der Waals surface area contributed by atoms with Gasteiger partial charge in [0.15, 0.2) is 0 Å². The number of nitrogens with one attached hydrogen (secondary N) is 1. The summed E-state index contributed by atoms with van der Waals surface area (Å²) >= 11 is 0. The van der Waals surface area contributed by atoms with Crippen LogP contribution in [0.3, 0.4) is 0 Å². The minimum Gasteiger partial charge on any atom is -0.497 e.